The summed E-state index contributed by atoms with van der Waals surface area (Å²) in [6.45, 7) is 0.195. The summed E-state index contributed by atoms with van der Waals surface area (Å²) in [5.74, 6) is 0.376. The van der Waals surface area contributed by atoms with Gasteiger partial charge in [0.15, 0.2) is 6.23 Å². The number of aliphatic hydroxyl groups excluding tert-OH is 1. The molecule has 0 bridgehead atoms. The van der Waals surface area contributed by atoms with Crippen LogP contribution < -0.4 is 10.1 Å². The number of nitrogens with one attached hydrogen (secondary N) is 1. The van der Waals surface area contributed by atoms with E-state index < -0.39 is 18.4 Å². The molecule has 3 heterocycles. The van der Waals surface area contributed by atoms with Crippen molar-refractivity contribution in [1.82, 2.24) is 9.55 Å². The third-order valence-corrected chi connectivity index (χ3v) is 5.08. The van der Waals surface area contributed by atoms with E-state index in [1.54, 1.807) is 35.9 Å². The highest BCUT2D eigenvalue weighted by Gasteiger charge is 2.46. The van der Waals surface area contributed by atoms with E-state index in [1.807, 2.05) is 0 Å². The molecule has 1 fully saturated rings. The van der Waals surface area contributed by atoms with Crippen molar-refractivity contribution in [2.75, 3.05) is 19.0 Å². The number of Topliss-reactive ketones (excluding diaryl/α,β-unsaturated/α-hetero) is 1. The van der Waals surface area contributed by atoms with Crippen molar-refractivity contribution in [2.24, 2.45) is 0 Å². The minimum Gasteiger partial charge on any atom is -0.497 e. The van der Waals surface area contributed by atoms with Gasteiger partial charge in [-0.3, -0.25) is 14.2 Å². The third-order valence-electron chi connectivity index (χ3n) is 5.08. The smallest absolute Gasteiger partial charge is 0.230 e. The van der Waals surface area contributed by atoms with Gasteiger partial charge in [0.05, 0.1) is 19.4 Å². The summed E-state index contributed by atoms with van der Waals surface area (Å²) >= 11 is 0. The largest absolute Gasteiger partial charge is 0.497 e. The second kappa shape index (κ2) is 6.26. The fourth-order valence-corrected chi connectivity index (χ4v) is 3.73. The van der Waals surface area contributed by atoms with Gasteiger partial charge in [-0.05, 0) is 24.3 Å². The predicted molar refractivity (Wildman–Crippen MR) is 95.2 cm³/mol. The van der Waals surface area contributed by atoms with Crippen LogP contribution in [0.15, 0.2) is 36.0 Å². The molecule has 144 valence electrons. The summed E-state index contributed by atoms with van der Waals surface area (Å²) in [4.78, 5) is 30.1. The zero-order valence-corrected chi connectivity index (χ0v) is 14.9. The number of aromatic nitrogens is 2. The Kier molecular flexibility index (Phi) is 3.83. The number of hydrogen-bond donors (Lipinski definition) is 2. The van der Waals surface area contributed by atoms with Crippen molar-refractivity contribution in [3.8, 4) is 5.75 Å². The monoisotopic (exact) mass is 383 g/mol. The Bertz CT molecular complexity index is 1010. The molecule has 5 rings (SSSR count). The van der Waals surface area contributed by atoms with Gasteiger partial charge in [0.25, 0.3) is 0 Å². The number of hydrogen-bond acceptors (Lipinski definition) is 8. The SMILES string of the molecule is COc1ccc(NC2=CC(=O)c3c(nc4n3[C@H]3OC[C@@H](O)[C@H]3OC4)C2=O)cc1. The summed E-state index contributed by atoms with van der Waals surface area (Å²) in [6.07, 6.45) is -0.777. The van der Waals surface area contributed by atoms with E-state index >= 15 is 0 Å². The molecule has 0 saturated carbocycles. The van der Waals surface area contributed by atoms with Gasteiger partial charge in [-0.25, -0.2) is 4.98 Å². The molecular formula is C19H17N3O6. The molecule has 1 aliphatic carbocycles. The van der Waals surface area contributed by atoms with Crippen molar-refractivity contribution in [3.63, 3.8) is 0 Å². The molecule has 3 aliphatic rings. The molecule has 0 amide bonds. The molecule has 2 aliphatic heterocycles. The normalized spacial score (nSPS) is 25.6. The minimum absolute atomic E-state index is 0.0627. The van der Waals surface area contributed by atoms with Crippen LogP contribution in [-0.2, 0) is 16.1 Å². The van der Waals surface area contributed by atoms with Gasteiger partial charge in [0.1, 0.15) is 41.8 Å². The Morgan fingerprint density at radius 1 is 1.25 bits per heavy atom. The van der Waals surface area contributed by atoms with Crippen LogP contribution in [-0.4, -0.2) is 52.1 Å². The summed E-state index contributed by atoms with van der Waals surface area (Å²) < 4.78 is 17.9. The van der Waals surface area contributed by atoms with Crippen LogP contribution in [0.1, 0.15) is 33.0 Å². The number of ether oxygens (including phenoxy) is 3. The number of aliphatic hydroxyl groups is 1. The molecule has 1 aromatic carbocycles. The van der Waals surface area contributed by atoms with E-state index in [0.717, 1.165) is 0 Å². The highest BCUT2D eigenvalue weighted by Crippen LogP contribution is 2.37. The number of carbonyl (C=O) groups excluding carboxylic acids is 2. The highest BCUT2D eigenvalue weighted by atomic mass is 16.6. The number of rotatable bonds is 3. The molecule has 0 radical (unpaired) electrons. The lowest BCUT2D eigenvalue weighted by atomic mass is 10.0. The maximum atomic E-state index is 12.9. The first-order valence-electron chi connectivity index (χ1n) is 8.81. The van der Waals surface area contributed by atoms with Crippen molar-refractivity contribution in [3.05, 3.63) is 53.3 Å². The van der Waals surface area contributed by atoms with Crippen molar-refractivity contribution < 1.29 is 28.9 Å². The highest BCUT2D eigenvalue weighted by molar-refractivity contribution is 6.24. The maximum Gasteiger partial charge on any atom is 0.230 e. The van der Waals surface area contributed by atoms with E-state index in [4.69, 9.17) is 14.2 Å². The number of allylic oxidation sites excluding steroid dienone is 2. The number of imidazole rings is 1. The maximum absolute atomic E-state index is 12.9. The Balaban J connectivity index is 1.49. The first-order valence-corrected chi connectivity index (χ1v) is 8.81. The number of anilines is 1. The van der Waals surface area contributed by atoms with Crippen LogP contribution in [0.2, 0.25) is 0 Å². The van der Waals surface area contributed by atoms with Crippen LogP contribution in [0.4, 0.5) is 5.69 Å². The summed E-state index contributed by atoms with van der Waals surface area (Å²) in [5.41, 5.74) is 1.02. The lowest BCUT2D eigenvalue weighted by Crippen LogP contribution is -2.37. The quantitative estimate of drug-likeness (QED) is 0.809. The molecule has 0 spiro atoms. The zero-order chi connectivity index (χ0) is 19.4. The van der Waals surface area contributed by atoms with Crippen LogP contribution >= 0.6 is 0 Å². The lowest BCUT2D eigenvalue weighted by molar-refractivity contribution is -0.0992. The van der Waals surface area contributed by atoms with Crippen molar-refractivity contribution in [1.29, 1.82) is 0 Å². The van der Waals surface area contributed by atoms with Crippen molar-refractivity contribution in [2.45, 2.75) is 25.0 Å². The van der Waals surface area contributed by atoms with E-state index in [0.29, 0.717) is 17.3 Å². The Morgan fingerprint density at radius 2 is 2.04 bits per heavy atom. The molecule has 28 heavy (non-hydrogen) atoms. The average molecular weight is 383 g/mol. The van der Waals surface area contributed by atoms with Gasteiger partial charge in [0, 0.05) is 11.8 Å². The Morgan fingerprint density at radius 3 is 2.79 bits per heavy atom. The fraction of sp³-hybridized carbons (Fsp3) is 0.316. The molecule has 1 aromatic heterocycles. The van der Waals surface area contributed by atoms with Crippen LogP contribution in [0.25, 0.3) is 0 Å². The van der Waals surface area contributed by atoms with Crippen molar-refractivity contribution >= 4 is 17.3 Å². The first kappa shape index (κ1) is 17.1. The van der Waals surface area contributed by atoms with Gasteiger partial charge in [-0.1, -0.05) is 0 Å². The zero-order valence-electron chi connectivity index (χ0n) is 14.9. The molecule has 3 atom stereocenters. The number of nitrogens with zero attached hydrogens (tertiary/aromatic N) is 2. The van der Waals surface area contributed by atoms with Gasteiger partial charge in [0.2, 0.25) is 11.6 Å². The molecule has 2 aromatic rings. The van der Waals surface area contributed by atoms with Gasteiger partial charge in [-0.2, -0.15) is 0 Å². The fourth-order valence-electron chi connectivity index (χ4n) is 3.73. The summed E-state index contributed by atoms with van der Waals surface area (Å²) in [6, 6.07) is 6.99. The number of fused-ring (bicyclic) bond motifs is 5. The molecule has 0 unspecified atom stereocenters. The number of carbonyl (C=O) groups is 2. The molecule has 2 N–H and O–H groups in total. The number of benzene rings is 1. The van der Waals surface area contributed by atoms with Crippen LogP contribution in [0.3, 0.4) is 0 Å². The lowest BCUT2D eigenvalue weighted by Gasteiger charge is -2.29. The van der Waals surface area contributed by atoms with E-state index in [9.17, 15) is 14.7 Å². The van der Waals surface area contributed by atoms with E-state index in [2.05, 4.69) is 10.3 Å². The second-order valence-electron chi connectivity index (χ2n) is 6.77. The van der Waals surface area contributed by atoms with Gasteiger partial charge in [-0.15, -0.1) is 0 Å². The van der Waals surface area contributed by atoms with E-state index in [1.165, 1.54) is 6.08 Å². The topological polar surface area (TPSA) is 112 Å². The van der Waals surface area contributed by atoms with E-state index in [-0.39, 0.29) is 41.9 Å². The Hall–Kier alpha value is -3.01. The number of ketones is 2. The number of methoxy groups -OCH3 is 1. The predicted octanol–water partition coefficient (Wildman–Crippen LogP) is 1.06. The Labute approximate surface area is 159 Å². The standard InChI is InChI=1S/C19H17N3O6/c1-26-10-4-2-9(3-5-10)20-11-6-12(23)16-15(17(11)25)21-14-8-27-18-13(24)7-28-19(18)22(14)16/h2-6,13,18-20,24H,7-8H2,1H3/t13-,18-,19+/m1/s1. The summed E-state index contributed by atoms with van der Waals surface area (Å²) in [5, 5.41) is 13.0. The first-order chi connectivity index (χ1) is 13.6. The van der Waals surface area contributed by atoms with Gasteiger partial charge >= 0.3 is 0 Å². The molecule has 9 nitrogen and oxygen atoms in total. The molecular weight excluding hydrogens is 366 g/mol. The second-order valence-corrected chi connectivity index (χ2v) is 6.77. The third kappa shape index (κ3) is 2.48. The van der Waals surface area contributed by atoms with Crippen LogP contribution in [0.5, 0.6) is 5.75 Å². The molecule has 9 heteroatoms. The van der Waals surface area contributed by atoms with Crippen LogP contribution in [0, 0.1) is 0 Å². The average Bonchev–Trinajstić information content (AvgIpc) is 3.27. The minimum atomic E-state index is -0.784. The summed E-state index contributed by atoms with van der Waals surface area (Å²) in [7, 11) is 1.57. The van der Waals surface area contributed by atoms with Gasteiger partial charge < -0.3 is 24.6 Å². The molecule has 1 saturated heterocycles.